The first kappa shape index (κ1) is 23.7. The van der Waals surface area contributed by atoms with Gasteiger partial charge in [0.2, 0.25) is 0 Å². The molecule has 0 atom stereocenters. The van der Waals surface area contributed by atoms with Crippen molar-refractivity contribution in [1.82, 2.24) is 5.32 Å². The van der Waals surface area contributed by atoms with Crippen molar-refractivity contribution >= 4 is 6.09 Å². The molecule has 4 aromatic rings. The maximum absolute atomic E-state index is 12.3. The minimum Gasteiger partial charge on any atom is -0.487 e. The first-order valence-corrected chi connectivity index (χ1v) is 12.0. The van der Waals surface area contributed by atoms with E-state index < -0.39 is 6.09 Å². The average Bonchev–Trinajstić information content (AvgIpc) is 3.27. The molecule has 5 nitrogen and oxygen atoms in total. The summed E-state index contributed by atoms with van der Waals surface area (Å²) in [5.41, 5.74) is 6.86. The summed E-state index contributed by atoms with van der Waals surface area (Å²) in [5, 5.41) is 12.1. The maximum atomic E-state index is 12.3. The number of carbonyl (C=O) groups excluding carboxylic acids is 1. The van der Waals surface area contributed by atoms with E-state index in [-0.39, 0.29) is 19.1 Å². The summed E-state index contributed by atoms with van der Waals surface area (Å²) < 4.78 is 11.4. The normalized spacial score (nSPS) is 11.3. The summed E-state index contributed by atoms with van der Waals surface area (Å²) in [7, 11) is 0. The van der Waals surface area contributed by atoms with Gasteiger partial charge < -0.3 is 14.8 Å². The van der Waals surface area contributed by atoms with Gasteiger partial charge in [0, 0.05) is 11.5 Å². The molecule has 0 saturated heterocycles. The summed E-state index contributed by atoms with van der Waals surface area (Å²) in [5.74, 6) is 6.42. The van der Waals surface area contributed by atoms with Crippen molar-refractivity contribution in [2.24, 2.45) is 0 Å². The second-order valence-corrected chi connectivity index (χ2v) is 8.58. The highest BCUT2D eigenvalue weighted by Gasteiger charge is 2.28. The molecular formula is C32H24N2O3. The highest BCUT2D eigenvalue weighted by atomic mass is 16.5. The first-order valence-electron chi connectivity index (χ1n) is 12.0. The van der Waals surface area contributed by atoms with Crippen molar-refractivity contribution in [3.8, 4) is 34.8 Å². The highest BCUT2D eigenvalue weighted by molar-refractivity contribution is 5.79. The number of amides is 1. The summed E-state index contributed by atoms with van der Waals surface area (Å²) in [6.45, 7) is 0.748. The molecule has 5 heteroatoms. The number of benzene rings is 4. The van der Waals surface area contributed by atoms with Gasteiger partial charge in [0.25, 0.3) is 0 Å². The number of rotatable bonds is 6. The van der Waals surface area contributed by atoms with Crippen LogP contribution in [0, 0.1) is 23.2 Å². The molecule has 1 aliphatic rings. The second-order valence-electron chi connectivity index (χ2n) is 8.58. The van der Waals surface area contributed by atoms with Gasteiger partial charge in [0.1, 0.15) is 25.0 Å². The molecule has 0 aliphatic heterocycles. The van der Waals surface area contributed by atoms with Gasteiger partial charge >= 0.3 is 6.09 Å². The van der Waals surface area contributed by atoms with E-state index in [1.807, 2.05) is 54.6 Å². The minimum atomic E-state index is -0.511. The third kappa shape index (κ3) is 5.48. The highest BCUT2D eigenvalue weighted by Crippen LogP contribution is 2.44. The number of fused-ring (bicyclic) bond motifs is 3. The van der Waals surface area contributed by atoms with Crippen molar-refractivity contribution in [1.29, 1.82) is 5.26 Å². The lowest BCUT2D eigenvalue weighted by atomic mass is 9.98. The molecule has 37 heavy (non-hydrogen) atoms. The number of alkyl carbamates (subject to hydrolysis) is 1. The third-order valence-electron chi connectivity index (χ3n) is 6.24. The van der Waals surface area contributed by atoms with Crippen LogP contribution in [0.25, 0.3) is 11.1 Å². The fourth-order valence-corrected chi connectivity index (χ4v) is 4.46. The quantitative estimate of drug-likeness (QED) is 0.339. The van der Waals surface area contributed by atoms with Crippen molar-refractivity contribution in [3.63, 3.8) is 0 Å². The van der Waals surface area contributed by atoms with Crippen LogP contribution < -0.4 is 10.1 Å². The Morgan fingerprint density at radius 3 is 2.24 bits per heavy atom. The number of ether oxygens (including phenoxy) is 2. The number of nitriles is 1. The molecule has 1 amide bonds. The summed E-state index contributed by atoms with van der Waals surface area (Å²) in [4.78, 5) is 12.3. The Morgan fingerprint density at radius 2 is 1.54 bits per heavy atom. The van der Waals surface area contributed by atoms with Crippen LogP contribution in [0.5, 0.6) is 5.75 Å². The van der Waals surface area contributed by atoms with Gasteiger partial charge in [-0.15, -0.1) is 0 Å². The van der Waals surface area contributed by atoms with Crippen molar-refractivity contribution in [3.05, 3.63) is 125 Å². The van der Waals surface area contributed by atoms with Crippen LogP contribution >= 0.6 is 0 Å². The molecule has 180 valence electrons. The molecule has 0 radical (unpaired) electrons. The van der Waals surface area contributed by atoms with Gasteiger partial charge in [0.05, 0.1) is 12.1 Å². The smallest absolute Gasteiger partial charge is 0.407 e. The van der Waals surface area contributed by atoms with Gasteiger partial charge in [-0.1, -0.05) is 90.7 Å². The standard InChI is InChI=1S/C32H24N2O3/c33-20-25-17-16-23(19-31(25)36-21-24-9-2-1-3-10-24)11-8-18-34-32(35)37-22-30-28-14-6-4-12-26(28)27-13-5-7-15-29(27)30/h1-7,9-10,12-17,19,30H,18,21-22H2,(H,34,35). The van der Waals surface area contributed by atoms with Crippen LogP contribution in [0.15, 0.2) is 97.1 Å². The van der Waals surface area contributed by atoms with Crippen LogP contribution in [0.1, 0.15) is 33.7 Å². The largest absolute Gasteiger partial charge is 0.487 e. The Morgan fingerprint density at radius 1 is 0.865 bits per heavy atom. The molecular weight excluding hydrogens is 460 g/mol. The van der Waals surface area contributed by atoms with E-state index in [4.69, 9.17) is 9.47 Å². The van der Waals surface area contributed by atoms with E-state index >= 15 is 0 Å². The fraction of sp³-hybridized carbons (Fsp3) is 0.125. The number of carbonyl (C=O) groups is 1. The summed E-state index contributed by atoms with van der Waals surface area (Å²) in [6, 6.07) is 33.5. The molecule has 1 N–H and O–H groups in total. The number of hydrogen-bond acceptors (Lipinski definition) is 4. The SMILES string of the molecule is N#Cc1ccc(C#CCNC(=O)OCC2c3ccccc3-c3ccccc32)cc1OCc1ccccc1. The van der Waals surface area contributed by atoms with Gasteiger partial charge in [-0.2, -0.15) is 5.26 Å². The Bertz CT molecular complexity index is 1480. The van der Waals surface area contributed by atoms with Crippen LogP contribution in [0.2, 0.25) is 0 Å². The third-order valence-corrected chi connectivity index (χ3v) is 6.24. The van der Waals surface area contributed by atoms with Crippen molar-refractivity contribution in [2.75, 3.05) is 13.2 Å². The Hall–Kier alpha value is -5.00. The Balaban J connectivity index is 1.16. The monoisotopic (exact) mass is 484 g/mol. The predicted molar refractivity (Wildman–Crippen MR) is 142 cm³/mol. The molecule has 0 saturated carbocycles. The van der Waals surface area contributed by atoms with Crippen LogP contribution in [-0.4, -0.2) is 19.2 Å². The van der Waals surface area contributed by atoms with Crippen LogP contribution in [-0.2, 0) is 11.3 Å². The lowest BCUT2D eigenvalue weighted by Crippen LogP contribution is -2.26. The molecule has 1 aliphatic carbocycles. The molecule has 0 bridgehead atoms. The zero-order valence-electron chi connectivity index (χ0n) is 20.1. The van der Waals surface area contributed by atoms with E-state index in [9.17, 15) is 10.1 Å². The van der Waals surface area contributed by atoms with Crippen molar-refractivity contribution < 1.29 is 14.3 Å². The molecule has 0 fully saturated rings. The molecule has 0 heterocycles. The maximum Gasteiger partial charge on any atom is 0.407 e. The number of nitrogens with one attached hydrogen (secondary N) is 1. The van der Waals surface area contributed by atoms with E-state index in [1.54, 1.807) is 18.2 Å². The first-order chi connectivity index (χ1) is 18.2. The average molecular weight is 485 g/mol. The van der Waals surface area contributed by atoms with E-state index in [0.29, 0.717) is 23.5 Å². The fourth-order valence-electron chi connectivity index (χ4n) is 4.46. The van der Waals surface area contributed by atoms with Crippen LogP contribution in [0.3, 0.4) is 0 Å². The zero-order valence-corrected chi connectivity index (χ0v) is 20.1. The molecule has 4 aromatic carbocycles. The molecule has 5 rings (SSSR count). The number of hydrogen-bond donors (Lipinski definition) is 1. The van der Waals surface area contributed by atoms with E-state index in [1.165, 1.54) is 22.3 Å². The lowest BCUT2D eigenvalue weighted by molar-refractivity contribution is 0.144. The Kier molecular flexibility index (Phi) is 7.16. The van der Waals surface area contributed by atoms with E-state index in [2.05, 4.69) is 47.5 Å². The van der Waals surface area contributed by atoms with Gasteiger partial charge in [-0.3, -0.25) is 0 Å². The minimum absolute atomic E-state index is 0.0113. The lowest BCUT2D eigenvalue weighted by Gasteiger charge is -2.14. The second kappa shape index (κ2) is 11.2. The predicted octanol–water partition coefficient (Wildman–Crippen LogP) is 6.03. The van der Waals surface area contributed by atoms with Crippen molar-refractivity contribution in [2.45, 2.75) is 12.5 Å². The molecule has 0 aromatic heterocycles. The van der Waals surface area contributed by atoms with Gasteiger partial charge in [-0.05, 0) is 46.0 Å². The topological polar surface area (TPSA) is 71.4 Å². The van der Waals surface area contributed by atoms with Crippen LogP contribution in [0.4, 0.5) is 4.79 Å². The summed E-state index contributed by atoms with van der Waals surface area (Å²) in [6.07, 6.45) is -0.511. The molecule has 0 spiro atoms. The molecule has 0 unspecified atom stereocenters. The zero-order chi connectivity index (χ0) is 25.5. The van der Waals surface area contributed by atoms with Gasteiger partial charge in [-0.25, -0.2) is 4.79 Å². The Labute approximate surface area is 216 Å². The van der Waals surface area contributed by atoms with E-state index in [0.717, 1.165) is 5.56 Å². The summed E-state index contributed by atoms with van der Waals surface area (Å²) >= 11 is 0. The van der Waals surface area contributed by atoms with Gasteiger partial charge in [0.15, 0.2) is 0 Å². The number of nitrogens with zero attached hydrogens (tertiary/aromatic N) is 1.